The highest BCUT2D eigenvalue weighted by atomic mass is 35.5. The third-order valence-electron chi connectivity index (χ3n) is 6.38. The molecule has 0 saturated carbocycles. The minimum atomic E-state index is -4.20. The second kappa shape index (κ2) is 14.2. The zero-order valence-corrected chi connectivity index (χ0v) is 25.6. The molecule has 0 aromatic heterocycles. The van der Waals surface area contributed by atoms with Gasteiger partial charge in [-0.15, -0.1) is 0 Å². The van der Waals surface area contributed by atoms with Crippen LogP contribution in [0.25, 0.3) is 0 Å². The van der Waals surface area contributed by atoms with E-state index < -0.39 is 28.5 Å². The lowest BCUT2D eigenvalue weighted by Crippen LogP contribution is -2.52. The van der Waals surface area contributed by atoms with Crippen LogP contribution in [0.5, 0.6) is 0 Å². The minimum absolute atomic E-state index is 0.00982. The first-order chi connectivity index (χ1) is 19.0. The molecule has 0 aliphatic rings. The van der Waals surface area contributed by atoms with Crippen LogP contribution in [-0.2, 0) is 26.2 Å². The number of hydrogen-bond acceptors (Lipinski definition) is 4. The summed E-state index contributed by atoms with van der Waals surface area (Å²) in [5, 5.41) is 3.81. The average molecular weight is 625 g/mol. The lowest BCUT2D eigenvalue weighted by Gasteiger charge is -2.34. The number of rotatable bonds is 12. The second-order valence-electron chi connectivity index (χ2n) is 9.19. The van der Waals surface area contributed by atoms with E-state index >= 15 is 0 Å². The minimum Gasteiger partial charge on any atom is -0.354 e. The average Bonchev–Trinajstić information content (AvgIpc) is 2.93. The van der Waals surface area contributed by atoms with Gasteiger partial charge in [0, 0.05) is 33.7 Å². The van der Waals surface area contributed by atoms with Gasteiger partial charge in [-0.05, 0) is 61.7 Å². The van der Waals surface area contributed by atoms with Gasteiger partial charge in [0.15, 0.2) is 0 Å². The lowest BCUT2D eigenvalue weighted by molar-refractivity contribution is -0.140. The largest absolute Gasteiger partial charge is 0.354 e. The van der Waals surface area contributed by atoms with Gasteiger partial charge in [-0.3, -0.25) is 13.9 Å². The van der Waals surface area contributed by atoms with E-state index in [0.29, 0.717) is 39.2 Å². The highest BCUT2D eigenvalue weighted by Gasteiger charge is 2.34. The number of anilines is 1. The molecule has 3 aromatic carbocycles. The summed E-state index contributed by atoms with van der Waals surface area (Å²) in [4.78, 5) is 28.7. The van der Waals surface area contributed by atoms with E-state index in [1.165, 1.54) is 23.1 Å². The van der Waals surface area contributed by atoms with Crippen molar-refractivity contribution in [1.29, 1.82) is 0 Å². The molecular formula is C29H32Cl3N3O4S. The number of halogens is 3. The molecule has 0 spiro atoms. The van der Waals surface area contributed by atoms with Crippen molar-refractivity contribution >= 4 is 62.3 Å². The molecule has 0 radical (unpaired) electrons. The van der Waals surface area contributed by atoms with Gasteiger partial charge in [-0.1, -0.05) is 79.0 Å². The molecule has 0 heterocycles. The smallest absolute Gasteiger partial charge is 0.264 e. The topological polar surface area (TPSA) is 86.8 Å². The molecule has 0 saturated heterocycles. The van der Waals surface area contributed by atoms with Crippen molar-refractivity contribution in [2.24, 2.45) is 0 Å². The summed E-state index contributed by atoms with van der Waals surface area (Å²) in [7, 11) is -4.20. The van der Waals surface area contributed by atoms with E-state index in [0.717, 1.165) is 4.31 Å². The number of nitrogens with one attached hydrogen (secondary N) is 1. The van der Waals surface area contributed by atoms with E-state index in [2.05, 4.69) is 5.32 Å². The summed E-state index contributed by atoms with van der Waals surface area (Å²) in [6.07, 6.45) is 0.995. The molecule has 214 valence electrons. The molecule has 1 unspecified atom stereocenters. The number of hydrogen-bond donors (Lipinski definition) is 1. The molecule has 3 aromatic rings. The quantitative estimate of drug-likeness (QED) is 0.250. The van der Waals surface area contributed by atoms with Crippen LogP contribution in [0.1, 0.15) is 37.8 Å². The monoisotopic (exact) mass is 623 g/mol. The van der Waals surface area contributed by atoms with Crippen LogP contribution in [-0.4, -0.2) is 44.3 Å². The van der Waals surface area contributed by atoms with Crippen molar-refractivity contribution in [3.63, 3.8) is 0 Å². The van der Waals surface area contributed by atoms with Crippen LogP contribution in [0, 0.1) is 6.92 Å². The summed E-state index contributed by atoms with van der Waals surface area (Å²) >= 11 is 19.1. The fraction of sp³-hybridized carbons (Fsp3) is 0.310. The van der Waals surface area contributed by atoms with Crippen molar-refractivity contribution in [1.82, 2.24) is 10.2 Å². The van der Waals surface area contributed by atoms with E-state index in [-0.39, 0.29) is 29.5 Å². The fourth-order valence-corrected chi connectivity index (χ4v) is 6.40. The number of benzene rings is 3. The Morgan fingerprint density at radius 3 is 2.17 bits per heavy atom. The Bertz CT molecular complexity index is 1430. The normalized spacial score (nSPS) is 12.1. The molecule has 1 atom stereocenters. The van der Waals surface area contributed by atoms with Gasteiger partial charge in [0.1, 0.15) is 12.6 Å². The van der Waals surface area contributed by atoms with Gasteiger partial charge in [-0.2, -0.15) is 0 Å². The van der Waals surface area contributed by atoms with Crippen LogP contribution in [0.2, 0.25) is 15.1 Å². The number of amides is 2. The predicted molar refractivity (Wildman–Crippen MR) is 162 cm³/mol. The van der Waals surface area contributed by atoms with Gasteiger partial charge in [0.05, 0.1) is 10.6 Å². The number of aryl methyl sites for hydroxylation is 1. The molecule has 1 N–H and O–H groups in total. The van der Waals surface area contributed by atoms with Gasteiger partial charge in [-0.25, -0.2) is 8.42 Å². The highest BCUT2D eigenvalue weighted by molar-refractivity contribution is 7.92. The Balaban J connectivity index is 2.12. The Hall–Kier alpha value is -2.78. The molecular weight excluding hydrogens is 593 g/mol. The number of nitrogens with zero attached hydrogens (tertiary/aromatic N) is 2. The SMILES string of the molecule is CCCNC(=O)C(CC)N(Cc1c(Cl)cccc1Cl)C(=O)CN(c1cc(Cl)ccc1C)S(=O)(=O)c1ccccc1. The van der Waals surface area contributed by atoms with Crippen molar-refractivity contribution < 1.29 is 18.0 Å². The zero-order chi connectivity index (χ0) is 29.4. The van der Waals surface area contributed by atoms with Crippen LogP contribution in [0.4, 0.5) is 5.69 Å². The molecule has 3 rings (SSSR count). The number of carbonyl (C=O) groups is 2. The predicted octanol–water partition coefficient (Wildman–Crippen LogP) is 6.48. The van der Waals surface area contributed by atoms with Crippen molar-refractivity contribution in [2.45, 2.75) is 51.1 Å². The molecule has 0 aliphatic carbocycles. The van der Waals surface area contributed by atoms with Crippen LogP contribution in [0.15, 0.2) is 71.6 Å². The third kappa shape index (κ3) is 7.49. The standard InChI is InChI=1S/C29H32Cl3N3O4S/c1-4-16-33-29(37)26(5-2)34(18-23-24(31)12-9-13-25(23)32)28(36)19-35(27-17-21(30)15-14-20(27)3)40(38,39)22-10-7-6-8-11-22/h6-15,17,26H,4-5,16,18-19H2,1-3H3,(H,33,37). The van der Waals surface area contributed by atoms with Crippen LogP contribution in [0.3, 0.4) is 0 Å². The molecule has 0 aliphatic heterocycles. The van der Waals surface area contributed by atoms with Crippen LogP contribution >= 0.6 is 34.8 Å². The number of carbonyl (C=O) groups excluding carboxylic acids is 2. The summed E-state index contributed by atoms with van der Waals surface area (Å²) in [6, 6.07) is 16.7. The summed E-state index contributed by atoms with van der Waals surface area (Å²) in [5.41, 5.74) is 1.31. The number of sulfonamides is 1. The van der Waals surface area contributed by atoms with E-state index in [9.17, 15) is 18.0 Å². The van der Waals surface area contributed by atoms with Crippen molar-refractivity contribution in [3.05, 3.63) is 92.9 Å². The zero-order valence-electron chi connectivity index (χ0n) is 22.5. The van der Waals surface area contributed by atoms with Gasteiger partial charge < -0.3 is 10.2 Å². The molecule has 0 fully saturated rings. The van der Waals surface area contributed by atoms with Crippen molar-refractivity contribution in [2.75, 3.05) is 17.4 Å². The Kier molecular flexibility index (Phi) is 11.3. The Labute approximate surface area is 251 Å². The fourth-order valence-electron chi connectivity index (χ4n) is 4.22. The maximum Gasteiger partial charge on any atom is 0.264 e. The van der Waals surface area contributed by atoms with Crippen molar-refractivity contribution in [3.8, 4) is 0 Å². The maximum atomic E-state index is 14.1. The van der Waals surface area contributed by atoms with Gasteiger partial charge in [0.25, 0.3) is 10.0 Å². The first-order valence-corrected chi connectivity index (χ1v) is 15.4. The van der Waals surface area contributed by atoms with E-state index in [4.69, 9.17) is 34.8 Å². The highest BCUT2D eigenvalue weighted by Crippen LogP contribution is 2.31. The van der Waals surface area contributed by atoms with E-state index in [1.54, 1.807) is 62.4 Å². The van der Waals surface area contributed by atoms with Gasteiger partial charge in [0.2, 0.25) is 11.8 Å². The summed E-state index contributed by atoms with van der Waals surface area (Å²) in [5.74, 6) is -0.953. The molecule has 40 heavy (non-hydrogen) atoms. The molecule has 11 heteroatoms. The summed E-state index contributed by atoms with van der Waals surface area (Å²) in [6.45, 7) is 5.19. The molecule has 0 bridgehead atoms. The van der Waals surface area contributed by atoms with E-state index in [1.807, 2.05) is 6.92 Å². The first-order valence-electron chi connectivity index (χ1n) is 12.8. The van der Waals surface area contributed by atoms with Crippen LogP contribution < -0.4 is 9.62 Å². The molecule has 2 amide bonds. The summed E-state index contributed by atoms with van der Waals surface area (Å²) < 4.78 is 28.9. The Morgan fingerprint density at radius 2 is 1.57 bits per heavy atom. The second-order valence-corrected chi connectivity index (χ2v) is 12.3. The first kappa shape index (κ1) is 31.7. The van der Waals surface area contributed by atoms with Gasteiger partial charge >= 0.3 is 0 Å². The molecule has 7 nitrogen and oxygen atoms in total. The Morgan fingerprint density at radius 1 is 0.925 bits per heavy atom. The lowest BCUT2D eigenvalue weighted by atomic mass is 10.1. The third-order valence-corrected chi connectivity index (χ3v) is 9.09. The maximum absolute atomic E-state index is 14.1.